The summed E-state index contributed by atoms with van der Waals surface area (Å²) < 4.78 is 5.62. The molecule has 0 saturated carbocycles. The normalized spacial score (nSPS) is 13.0. The molecule has 0 unspecified atom stereocenters. The predicted molar refractivity (Wildman–Crippen MR) is 126 cm³/mol. The van der Waals surface area contributed by atoms with Gasteiger partial charge in [-0.05, 0) is 27.8 Å². The summed E-state index contributed by atoms with van der Waals surface area (Å²) in [6.45, 7) is 7.72. The fourth-order valence-electron chi connectivity index (χ4n) is 3.95. The van der Waals surface area contributed by atoms with Gasteiger partial charge in [-0.25, -0.2) is 11.4 Å². The highest BCUT2D eigenvalue weighted by Crippen LogP contribution is 2.44. The molecule has 0 saturated heterocycles. The number of ether oxygens (including phenoxy) is 1. The van der Waals surface area contributed by atoms with E-state index in [0.29, 0.717) is 5.75 Å². The zero-order valence-electron chi connectivity index (χ0n) is 17.2. The van der Waals surface area contributed by atoms with Crippen LogP contribution in [0.3, 0.4) is 0 Å². The quantitative estimate of drug-likeness (QED) is 0.465. The number of alkyl carbamates (subject to hydrolysis) is 1. The molecule has 0 aromatic heterocycles. The van der Waals surface area contributed by atoms with Gasteiger partial charge in [-0.2, -0.15) is 11.8 Å². The average Bonchev–Trinajstić information content (AvgIpc) is 3.12. The van der Waals surface area contributed by atoms with E-state index in [1.807, 2.05) is 42.5 Å². The van der Waals surface area contributed by atoms with E-state index in [-0.39, 0.29) is 25.1 Å². The van der Waals surface area contributed by atoms with Crippen LogP contribution < -0.4 is 5.32 Å². The van der Waals surface area contributed by atoms with E-state index >= 15 is 0 Å². The van der Waals surface area contributed by atoms with Crippen LogP contribution in [0.2, 0.25) is 0 Å². The number of nitrogens with one attached hydrogen (secondary N) is 1. The maximum atomic E-state index is 12.5. The van der Waals surface area contributed by atoms with Gasteiger partial charge in [-0.3, -0.25) is 0 Å². The first-order chi connectivity index (χ1) is 15.3. The van der Waals surface area contributed by atoms with Crippen LogP contribution in [0.1, 0.15) is 22.6 Å². The number of carbonyl (C=O) groups is 1. The molecule has 4 rings (SSSR count). The van der Waals surface area contributed by atoms with Crippen LogP contribution in [-0.4, -0.2) is 31.0 Å². The van der Waals surface area contributed by atoms with Gasteiger partial charge in [0.2, 0.25) is 6.54 Å². The summed E-state index contributed by atoms with van der Waals surface area (Å²) in [6, 6.07) is 26.5. The number of hydrogen-bond donors (Lipinski definition) is 1. The summed E-state index contributed by atoms with van der Waals surface area (Å²) in [4.78, 5) is 16.0. The lowest BCUT2D eigenvalue weighted by Crippen LogP contribution is -2.39. The van der Waals surface area contributed by atoms with E-state index in [0.717, 1.165) is 5.75 Å². The van der Waals surface area contributed by atoms with Crippen molar-refractivity contribution < 1.29 is 9.53 Å². The molecule has 0 heterocycles. The molecule has 1 aliphatic carbocycles. The minimum atomic E-state index is -0.462. The zero-order chi connectivity index (χ0) is 21.5. The molecule has 3 aromatic rings. The fourth-order valence-corrected chi connectivity index (χ4v) is 4.97. The van der Waals surface area contributed by atoms with Crippen LogP contribution in [0.25, 0.3) is 16.0 Å². The molecule has 0 bridgehead atoms. The molecular formula is C26H24N2O2S. The molecule has 0 fully saturated rings. The van der Waals surface area contributed by atoms with Crippen molar-refractivity contribution in [2.45, 2.75) is 17.7 Å². The summed E-state index contributed by atoms with van der Waals surface area (Å²) in [5.74, 6) is 1.55. The molecular weight excluding hydrogens is 404 g/mol. The molecule has 0 aliphatic heterocycles. The number of amides is 1. The minimum absolute atomic E-state index is 0.0323. The Bertz CT molecular complexity index is 1030. The Morgan fingerprint density at radius 3 is 2.23 bits per heavy atom. The molecule has 1 aliphatic rings. The maximum Gasteiger partial charge on any atom is 0.407 e. The van der Waals surface area contributed by atoms with Crippen molar-refractivity contribution in [1.82, 2.24) is 5.32 Å². The van der Waals surface area contributed by atoms with E-state index in [1.165, 1.54) is 27.8 Å². The summed E-state index contributed by atoms with van der Waals surface area (Å²) >= 11 is 1.71. The number of fused-ring (bicyclic) bond motifs is 3. The van der Waals surface area contributed by atoms with Gasteiger partial charge >= 0.3 is 6.09 Å². The number of nitrogens with zero attached hydrogens (tertiary/aromatic N) is 1. The maximum absolute atomic E-state index is 12.5. The highest BCUT2D eigenvalue weighted by atomic mass is 32.2. The van der Waals surface area contributed by atoms with E-state index in [4.69, 9.17) is 11.3 Å². The molecule has 5 heteroatoms. The van der Waals surface area contributed by atoms with Crippen LogP contribution in [0.4, 0.5) is 4.79 Å². The Balaban J connectivity index is 1.33. The topological polar surface area (TPSA) is 42.7 Å². The molecule has 1 atom stereocenters. The predicted octanol–water partition coefficient (Wildman–Crippen LogP) is 5.75. The molecule has 31 heavy (non-hydrogen) atoms. The van der Waals surface area contributed by atoms with Crippen molar-refractivity contribution in [3.05, 3.63) is 107 Å². The zero-order valence-corrected chi connectivity index (χ0v) is 18.0. The molecule has 0 spiro atoms. The minimum Gasteiger partial charge on any atom is -0.449 e. The highest BCUT2D eigenvalue weighted by molar-refractivity contribution is 7.98. The van der Waals surface area contributed by atoms with Gasteiger partial charge in [0.1, 0.15) is 12.6 Å². The van der Waals surface area contributed by atoms with Gasteiger partial charge in [0.05, 0.1) is 0 Å². The van der Waals surface area contributed by atoms with E-state index in [2.05, 4.69) is 46.6 Å². The molecule has 3 aromatic carbocycles. The first-order valence-corrected chi connectivity index (χ1v) is 11.5. The summed E-state index contributed by atoms with van der Waals surface area (Å²) in [7, 11) is 0. The Morgan fingerprint density at radius 2 is 1.58 bits per heavy atom. The lowest BCUT2D eigenvalue weighted by atomic mass is 9.98. The third kappa shape index (κ3) is 5.10. The number of carbonyl (C=O) groups excluding carboxylic acids is 1. The number of hydrogen-bond acceptors (Lipinski definition) is 3. The third-order valence-electron chi connectivity index (χ3n) is 5.41. The summed E-state index contributed by atoms with van der Waals surface area (Å²) in [6.07, 6.45) is -0.462. The molecule has 156 valence electrons. The SMILES string of the molecule is [C-]#[N+]C[C@H](CSCc1ccccc1)NC(=O)OCC1c2ccccc2-c2ccccc21. The molecule has 1 N–H and O–H groups in total. The number of benzene rings is 3. The van der Waals surface area contributed by atoms with Crippen molar-refractivity contribution in [3.63, 3.8) is 0 Å². The van der Waals surface area contributed by atoms with E-state index in [9.17, 15) is 4.79 Å². The average molecular weight is 429 g/mol. The number of rotatable bonds is 8. The molecule has 0 radical (unpaired) electrons. The van der Waals surface area contributed by atoms with Crippen molar-refractivity contribution in [1.29, 1.82) is 0 Å². The van der Waals surface area contributed by atoms with E-state index in [1.54, 1.807) is 11.8 Å². The van der Waals surface area contributed by atoms with Crippen LogP contribution in [-0.2, 0) is 10.5 Å². The largest absolute Gasteiger partial charge is 0.449 e. The smallest absolute Gasteiger partial charge is 0.407 e. The first kappa shape index (κ1) is 21.0. The summed E-state index contributed by atoms with van der Waals surface area (Å²) in [5, 5.41) is 2.88. The van der Waals surface area contributed by atoms with Crippen molar-refractivity contribution in [2.24, 2.45) is 0 Å². The second-order valence-corrected chi connectivity index (χ2v) is 8.54. The van der Waals surface area contributed by atoms with Crippen LogP contribution in [0, 0.1) is 6.57 Å². The monoisotopic (exact) mass is 428 g/mol. The number of thioether (sulfide) groups is 1. The Labute approximate surface area is 187 Å². The highest BCUT2D eigenvalue weighted by Gasteiger charge is 2.29. The van der Waals surface area contributed by atoms with Gasteiger partial charge in [0.25, 0.3) is 0 Å². The van der Waals surface area contributed by atoms with Crippen LogP contribution >= 0.6 is 11.8 Å². The summed E-state index contributed by atoms with van der Waals surface area (Å²) in [5.41, 5.74) is 6.01. The second kappa shape index (κ2) is 10.2. The van der Waals surface area contributed by atoms with Crippen molar-refractivity contribution in [2.75, 3.05) is 18.9 Å². The van der Waals surface area contributed by atoms with Crippen molar-refractivity contribution in [3.8, 4) is 11.1 Å². The first-order valence-electron chi connectivity index (χ1n) is 10.3. The van der Waals surface area contributed by atoms with Gasteiger partial charge in [-0.15, -0.1) is 0 Å². The molecule has 4 nitrogen and oxygen atoms in total. The van der Waals surface area contributed by atoms with Gasteiger partial charge in [-0.1, -0.05) is 78.9 Å². The van der Waals surface area contributed by atoms with E-state index < -0.39 is 6.09 Å². The fraction of sp³-hybridized carbons (Fsp3) is 0.231. The Hall–Kier alpha value is -3.23. The Morgan fingerprint density at radius 1 is 0.968 bits per heavy atom. The van der Waals surface area contributed by atoms with Gasteiger partial charge < -0.3 is 14.9 Å². The third-order valence-corrected chi connectivity index (χ3v) is 6.58. The standard InChI is InChI=1S/C26H24N2O2S/c1-27-15-20(18-31-17-19-9-3-2-4-10-19)28-26(29)30-16-25-23-13-7-5-11-21(23)22-12-6-8-14-24(22)25/h2-14,20,25H,15-18H2,(H,28,29)/t20-/m1/s1. The van der Waals surface area contributed by atoms with Crippen LogP contribution in [0.15, 0.2) is 78.9 Å². The van der Waals surface area contributed by atoms with Crippen LogP contribution in [0.5, 0.6) is 0 Å². The van der Waals surface area contributed by atoms with Crippen molar-refractivity contribution >= 4 is 17.9 Å². The second-order valence-electron chi connectivity index (χ2n) is 7.51. The Kier molecular flexibility index (Phi) is 6.91. The van der Waals surface area contributed by atoms with Gasteiger partial charge in [0.15, 0.2) is 0 Å². The lowest BCUT2D eigenvalue weighted by Gasteiger charge is -2.17. The van der Waals surface area contributed by atoms with Gasteiger partial charge in [0, 0.05) is 17.4 Å². The lowest BCUT2D eigenvalue weighted by molar-refractivity contribution is 0.140. The molecule has 1 amide bonds.